The molecular weight excluding hydrogens is 436 g/mol. The van der Waals surface area contributed by atoms with Crippen molar-refractivity contribution in [1.82, 2.24) is 25.1 Å². The van der Waals surface area contributed by atoms with Crippen molar-refractivity contribution in [1.29, 1.82) is 0 Å². The number of nitrogens with zero attached hydrogens (tertiary/aromatic N) is 4. The van der Waals surface area contributed by atoms with E-state index in [1.165, 1.54) is 4.68 Å². The lowest BCUT2D eigenvalue weighted by atomic mass is 10.0. The number of rotatable bonds is 8. The Kier molecular flexibility index (Phi) is 7.72. The highest BCUT2D eigenvalue weighted by atomic mass is 16.5. The number of aryl methyl sites for hydroxylation is 3. The molecule has 34 heavy (non-hydrogen) atoms. The predicted molar refractivity (Wildman–Crippen MR) is 125 cm³/mol. The molecule has 0 radical (unpaired) electrons. The Bertz CT molecular complexity index is 1170. The molecule has 1 aromatic carbocycles. The molecular formula is C24H28N6O4. The van der Waals surface area contributed by atoms with E-state index in [4.69, 9.17) is 4.74 Å². The molecule has 10 nitrogen and oxygen atoms in total. The molecule has 178 valence electrons. The Morgan fingerprint density at radius 3 is 2.24 bits per heavy atom. The third kappa shape index (κ3) is 6.25. The normalized spacial score (nSPS) is 11.7. The number of benzene rings is 1. The number of amides is 2. The molecule has 0 unspecified atom stereocenters. The number of ether oxygens (including phenoxy) is 1. The summed E-state index contributed by atoms with van der Waals surface area (Å²) < 4.78 is 6.62. The summed E-state index contributed by atoms with van der Waals surface area (Å²) in [4.78, 5) is 46.3. The minimum Gasteiger partial charge on any atom is -0.454 e. The molecule has 0 spiro atoms. The highest BCUT2D eigenvalue weighted by molar-refractivity contribution is 5.97. The fraction of sp³-hybridized carbons (Fsp3) is 0.333. The molecule has 0 aliphatic rings. The van der Waals surface area contributed by atoms with Crippen LogP contribution in [-0.2, 0) is 14.3 Å². The second-order valence-corrected chi connectivity index (χ2v) is 8.25. The lowest BCUT2D eigenvalue weighted by molar-refractivity contribution is -0.150. The number of aromatic nitrogens is 4. The summed E-state index contributed by atoms with van der Waals surface area (Å²) in [6.07, 6.45) is 0. The quantitative estimate of drug-likeness (QED) is 0.490. The maximum absolute atomic E-state index is 12.6. The second kappa shape index (κ2) is 10.7. The third-order valence-corrected chi connectivity index (χ3v) is 4.85. The van der Waals surface area contributed by atoms with E-state index in [1.54, 1.807) is 57.2 Å². The highest BCUT2D eigenvalue weighted by Crippen LogP contribution is 2.15. The van der Waals surface area contributed by atoms with Crippen LogP contribution in [0.25, 0.3) is 5.95 Å². The molecule has 2 amide bonds. The molecule has 2 aromatic heterocycles. The van der Waals surface area contributed by atoms with E-state index in [1.807, 2.05) is 19.9 Å². The van der Waals surface area contributed by atoms with Gasteiger partial charge in [0.1, 0.15) is 11.9 Å². The first-order valence-corrected chi connectivity index (χ1v) is 10.9. The average Bonchev–Trinajstić information content (AvgIpc) is 3.15. The van der Waals surface area contributed by atoms with Crippen LogP contribution in [-0.4, -0.2) is 50.2 Å². The Morgan fingerprint density at radius 2 is 1.62 bits per heavy atom. The van der Waals surface area contributed by atoms with Crippen molar-refractivity contribution in [3.05, 3.63) is 65.1 Å². The van der Waals surface area contributed by atoms with Crippen molar-refractivity contribution in [3.63, 3.8) is 0 Å². The van der Waals surface area contributed by atoms with Crippen LogP contribution in [0.5, 0.6) is 0 Å². The van der Waals surface area contributed by atoms with Crippen LogP contribution in [0.3, 0.4) is 0 Å². The molecule has 10 heteroatoms. The molecule has 0 aliphatic carbocycles. The first-order valence-electron chi connectivity index (χ1n) is 10.9. The van der Waals surface area contributed by atoms with Gasteiger partial charge in [-0.3, -0.25) is 9.59 Å². The van der Waals surface area contributed by atoms with Crippen LogP contribution in [0, 0.1) is 26.7 Å². The molecule has 3 rings (SSSR count). The van der Waals surface area contributed by atoms with Crippen LogP contribution in [0.4, 0.5) is 5.82 Å². The van der Waals surface area contributed by atoms with Gasteiger partial charge < -0.3 is 15.4 Å². The number of nitrogens with one attached hydrogen (secondary N) is 2. The molecule has 0 bridgehead atoms. The van der Waals surface area contributed by atoms with Gasteiger partial charge in [0.2, 0.25) is 0 Å². The van der Waals surface area contributed by atoms with Gasteiger partial charge in [-0.2, -0.15) is 9.78 Å². The van der Waals surface area contributed by atoms with Crippen molar-refractivity contribution in [2.45, 2.75) is 40.7 Å². The van der Waals surface area contributed by atoms with Crippen molar-refractivity contribution >= 4 is 23.6 Å². The summed E-state index contributed by atoms with van der Waals surface area (Å²) in [5.74, 6) is -1.22. The molecule has 2 heterocycles. The summed E-state index contributed by atoms with van der Waals surface area (Å²) in [6, 6.07) is 11.2. The molecule has 0 fully saturated rings. The average molecular weight is 465 g/mol. The van der Waals surface area contributed by atoms with Crippen molar-refractivity contribution < 1.29 is 19.1 Å². The largest absolute Gasteiger partial charge is 0.454 e. The zero-order chi connectivity index (χ0) is 24.8. The van der Waals surface area contributed by atoms with E-state index in [0.717, 1.165) is 11.4 Å². The Morgan fingerprint density at radius 1 is 0.971 bits per heavy atom. The lowest BCUT2D eigenvalue weighted by Crippen LogP contribution is -2.45. The van der Waals surface area contributed by atoms with E-state index < -0.39 is 30.4 Å². The van der Waals surface area contributed by atoms with E-state index in [2.05, 4.69) is 25.7 Å². The molecule has 3 aromatic rings. The smallest absolute Gasteiger partial charge is 0.329 e. The first-order chi connectivity index (χ1) is 16.1. The van der Waals surface area contributed by atoms with Gasteiger partial charge in [0.25, 0.3) is 17.8 Å². The highest BCUT2D eigenvalue weighted by Gasteiger charge is 2.27. The van der Waals surface area contributed by atoms with E-state index in [9.17, 15) is 14.4 Å². The molecule has 0 aliphatic heterocycles. The Hall–Kier alpha value is -4.08. The number of esters is 1. The lowest BCUT2D eigenvalue weighted by Gasteiger charge is -2.20. The minimum atomic E-state index is -0.906. The zero-order valence-corrected chi connectivity index (χ0v) is 19.8. The number of carbonyl (C=O) groups excluding carboxylic acids is 3. The monoisotopic (exact) mass is 464 g/mol. The number of hydrogen-bond donors (Lipinski definition) is 2. The summed E-state index contributed by atoms with van der Waals surface area (Å²) >= 11 is 0. The van der Waals surface area contributed by atoms with Gasteiger partial charge in [0, 0.05) is 23.0 Å². The minimum absolute atomic E-state index is 0.242. The third-order valence-electron chi connectivity index (χ3n) is 4.85. The van der Waals surface area contributed by atoms with Crippen LogP contribution < -0.4 is 10.6 Å². The summed E-state index contributed by atoms with van der Waals surface area (Å²) in [5, 5.41) is 9.70. The number of hydrogen-bond acceptors (Lipinski definition) is 7. The van der Waals surface area contributed by atoms with Crippen molar-refractivity contribution in [2.24, 2.45) is 5.92 Å². The maximum atomic E-state index is 12.6. The fourth-order valence-corrected chi connectivity index (χ4v) is 3.26. The zero-order valence-electron chi connectivity index (χ0n) is 19.8. The Labute approximate surface area is 197 Å². The van der Waals surface area contributed by atoms with Crippen LogP contribution in [0.2, 0.25) is 0 Å². The van der Waals surface area contributed by atoms with Gasteiger partial charge in [-0.25, -0.2) is 14.8 Å². The molecule has 1 atom stereocenters. The molecule has 0 saturated heterocycles. The summed E-state index contributed by atoms with van der Waals surface area (Å²) in [7, 11) is 0. The van der Waals surface area contributed by atoms with Gasteiger partial charge >= 0.3 is 5.97 Å². The fourth-order valence-electron chi connectivity index (χ4n) is 3.26. The van der Waals surface area contributed by atoms with Gasteiger partial charge in [0.05, 0.1) is 5.69 Å². The van der Waals surface area contributed by atoms with Crippen molar-refractivity contribution in [2.75, 3.05) is 11.9 Å². The van der Waals surface area contributed by atoms with E-state index in [-0.39, 0.29) is 5.92 Å². The molecule has 0 saturated carbocycles. The van der Waals surface area contributed by atoms with E-state index in [0.29, 0.717) is 23.0 Å². The van der Waals surface area contributed by atoms with Gasteiger partial charge in [-0.15, -0.1) is 0 Å². The van der Waals surface area contributed by atoms with Gasteiger partial charge in [-0.05, 0) is 44.9 Å². The number of carbonyl (C=O) groups is 3. The number of anilines is 1. The second-order valence-electron chi connectivity index (χ2n) is 8.25. The van der Waals surface area contributed by atoms with Crippen LogP contribution >= 0.6 is 0 Å². The van der Waals surface area contributed by atoms with Crippen molar-refractivity contribution in [3.8, 4) is 5.95 Å². The standard InChI is InChI=1S/C24H28N6O4/c1-14(2)21(28-22(32)18-9-7-6-8-10-18)23(33)34-13-20(31)27-19-12-17(5)29-30(19)24-25-15(3)11-16(4)26-24/h6-12,14,21H,13H2,1-5H3,(H,27,31)(H,28,32)/t21-/m0/s1. The first kappa shape index (κ1) is 24.6. The molecule has 2 N–H and O–H groups in total. The van der Waals surface area contributed by atoms with Gasteiger partial charge in [0.15, 0.2) is 6.61 Å². The van der Waals surface area contributed by atoms with E-state index >= 15 is 0 Å². The SMILES string of the molecule is Cc1cc(C)nc(-n2nc(C)cc2NC(=O)COC(=O)[C@@H](NC(=O)c2ccccc2)C(C)C)n1. The maximum Gasteiger partial charge on any atom is 0.329 e. The Balaban J connectivity index is 1.64. The van der Waals surface area contributed by atoms with Crippen LogP contribution in [0.15, 0.2) is 42.5 Å². The summed E-state index contributed by atoms with van der Waals surface area (Å²) in [6.45, 7) is 8.49. The topological polar surface area (TPSA) is 128 Å². The summed E-state index contributed by atoms with van der Waals surface area (Å²) in [5.41, 5.74) is 2.60. The van der Waals surface area contributed by atoms with Gasteiger partial charge in [-0.1, -0.05) is 32.0 Å². The predicted octanol–water partition coefficient (Wildman–Crippen LogP) is 2.52. The van der Waals surface area contributed by atoms with Crippen LogP contribution in [0.1, 0.15) is 41.3 Å².